The summed E-state index contributed by atoms with van der Waals surface area (Å²) in [7, 11) is 0. The van der Waals surface area contributed by atoms with Crippen LogP contribution in [0.2, 0.25) is 0 Å². The van der Waals surface area contributed by atoms with Gasteiger partial charge in [-0.1, -0.05) is 6.08 Å². The van der Waals surface area contributed by atoms with Crippen LogP contribution in [0.1, 0.15) is 33.6 Å². The van der Waals surface area contributed by atoms with Crippen LogP contribution in [-0.4, -0.2) is 11.4 Å². The van der Waals surface area contributed by atoms with E-state index in [-0.39, 0.29) is 0 Å². The molecule has 0 aromatic rings. The van der Waals surface area contributed by atoms with Gasteiger partial charge in [0, 0.05) is 11.4 Å². The first-order valence-corrected chi connectivity index (χ1v) is 3.82. The second-order valence-electron chi connectivity index (χ2n) is 2.71. The molecule has 0 aliphatic rings. The molecule has 0 aliphatic carbocycles. The lowest BCUT2D eigenvalue weighted by Gasteiger charge is -1.92. The predicted octanol–water partition coefficient (Wildman–Crippen LogP) is 2.81. The fourth-order valence-electron chi connectivity index (χ4n) is 0.546. The third-order valence-corrected chi connectivity index (χ3v) is 1.13. The van der Waals surface area contributed by atoms with Gasteiger partial charge in [0.15, 0.2) is 0 Å². The Labute approximate surface area is 68.7 Å². The van der Waals surface area contributed by atoms with E-state index in [1.807, 2.05) is 26.8 Å². The fraction of sp³-hybridized carbons (Fsp3) is 0.556. The van der Waals surface area contributed by atoms with Crippen LogP contribution in [0.15, 0.2) is 22.9 Å². The van der Waals surface area contributed by atoms with Crippen molar-refractivity contribution in [3.8, 4) is 0 Å². The van der Waals surface area contributed by atoms with Gasteiger partial charge in [0.1, 0.15) is 0 Å². The topological polar surface area (TPSA) is 24.7 Å². The Morgan fingerprint density at radius 2 is 1.91 bits per heavy atom. The molecule has 0 rings (SSSR count). The van der Waals surface area contributed by atoms with Gasteiger partial charge in [-0.3, -0.25) is 0 Å². The lowest BCUT2D eigenvalue weighted by Crippen LogP contribution is -1.89. The van der Waals surface area contributed by atoms with Crippen LogP contribution in [-0.2, 0) is 0 Å². The van der Waals surface area contributed by atoms with E-state index in [4.69, 9.17) is 0 Å². The van der Waals surface area contributed by atoms with Crippen LogP contribution >= 0.6 is 0 Å². The molecule has 0 unspecified atom stereocenters. The molecular formula is C9H16N2. The molecule has 2 nitrogen and oxygen atoms in total. The molecule has 0 N–H and O–H groups in total. The van der Waals surface area contributed by atoms with Crippen molar-refractivity contribution in [2.45, 2.75) is 33.6 Å². The van der Waals surface area contributed by atoms with Crippen LogP contribution < -0.4 is 0 Å². The quantitative estimate of drug-likeness (QED) is 0.336. The maximum atomic E-state index is 4.02. The maximum Gasteiger partial charge on any atom is 0.0378 e. The highest BCUT2D eigenvalue weighted by Gasteiger charge is 1.87. The minimum absolute atomic E-state index is 0.959. The van der Waals surface area contributed by atoms with E-state index in [0.717, 1.165) is 24.3 Å². The van der Waals surface area contributed by atoms with E-state index in [9.17, 15) is 0 Å². The Morgan fingerprint density at radius 1 is 1.27 bits per heavy atom. The monoisotopic (exact) mass is 152 g/mol. The van der Waals surface area contributed by atoms with Crippen LogP contribution in [0.5, 0.6) is 0 Å². The van der Waals surface area contributed by atoms with Crippen molar-refractivity contribution in [3.63, 3.8) is 0 Å². The molecule has 0 bridgehead atoms. The Kier molecular flexibility index (Phi) is 5.35. The Balaban J connectivity index is 3.80. The summed E-state index contributed by atoms with van der Waals surface area (Å²) in [5, 5.41) is 7.97. The SMILES string of the molecule is C=CCC/C(C)=N\N=C(C)C. The number of allylic oxidation sites excluding steroid dienone is 1. The first kappa shape index (κ1) is 10.1. The third-order valence-electron chi connectivity index (χ3n) is 1.13. The number of nitrogens with zero attached hydrogens (tertiary/aromatic N) is 2. The summed E-state index contributed by atoms with van der Waals surface area (Å²) >= 11 is 0. The molecule has 11 heavy (non-hydrogen) atoms. The molecule has 0 radical (unpaired) electrons. The van der Waals surface area contributed by atoms with Gasteiger partial charge in [-0.25, -0.2) is 0 Å². The summed E-state index contributed by atoms with van der Waals surface area (Å²) in [6.45, 7) is 9.49. The van der Waals surface area contributed by atoms with Crippen LogP contribution in [0.3, 0.4) is 0 Å². The van der Waals surface area contributed by atoms with Crippen LogP contribution in [0, 0.1) is 0 Å². The van der Waals surface area contributed by atoms with Gasteiger partial charge in [0.05, 0.1) is 0 Å². The third kappa shape index (κ3) is 6.97. The van der Waals surface area contributed by atoms with Crippen molar-refractivity contribution in [2.75, 3.05) is 0 Å². The normalized spacial score (nSPS) is 11.0. The summed E-state index contributed by atoms with van der Waals surface area (Å²) in [4.78, 5) is 0. The summed E-state index contributed by atoms with van der Waals surface area (Å²) in [5.74, 6) is 0. The highest BCUT2D eigenvalue weighted by atomic mass is 15.2. The minimum Gasteiger partial charge on any atom is -0.161 e. The van der Waals surface area contributed by atoms with Crippen LogP contribution in [0.25, 0.3) is 0 Å². The molecule has 0 spiro atoms. The predicted molar refractivity (Wildman–Crippen MR) is 51.3 cm³/mol. The lowest BCUT2D eigenvalue weighted by molar-refractivity contribution is 1.06. The smallest absolute Gasteiger partial charge is 0.0378 e. The standard InChI is InChI=1S/C9H16N2/c1-5-6-7-9(4)11-10-8(2)3/h5H,1,6-7H2,2-4H3/b11-9-. The molecule has 0 saturated carbocycles. The first-order valence-electron chi connectivity index (χ1n) is 3.82. The number of hydrogen-bond acceptors (Lipinski definition) is 2. The number of rotatable bonds is 4. The summed E-state index contributed by atoms with van der Waals surface area (Å²) in [6, 6.07) is 0. The molecule has 0 aliphatic heterocycles. The van der Waals surface area contributed by atoms with E-state index in [1.165, 1.54) is 0 Å². The summed E-state index contributed by atoms with van der Waals surface area (Å²) < 4.78 is 0. The van der Waals surface area contributed by atoms with Crippen molar-refractivity contribution in [1.82, 2.24) is 0 Å². The van der Waals surface area contributed by atoms with Gasteiger partial charge in [-0.2, -0.15) is 10.2 Å². The second kappa shape index (κ2) is 5.83. The van der Waals surface area contributed by atoms with E-state index >= 15 is 0 Å². The van der Waals surface area contributed by atoms with E-state index in [1.54, 1.807) is 0 Å². The fourth-order valence-corrected chi connectivity index (χ4v) is 0.546. The average molecular weight is 152 g/mol. The van der Waals surface area contributed by atoms with Gasteiger partial charge in [-0.15, -0.1) is 6.58 Å². The van der Waals surface area contributed by atoms with E-state index < -0.39 is 0 Å². The van der Waals surface area contributed by atoms with Crippen molar-refractivity contribution >= 4 is 11.4 Å². The zero-order valence-corrected chi connectivity index (χ0v) is 7.59. The molecular weight excluding hydrogens is 136 g/mol. The van der Waals surface area contributed by atoms with Gasteiger partial charge in [-0.05, 0) is 33.6 Å². The van der Waals surface area contributed by atoms with Gasteiger partial charge >= 0.3 is 0 Å². The van der Waals surface area contributed by atoms with Gasteiger partial charge in [0.25, 0.3) is 0 Å². The zero-order valence-electron chi connectivity index (χ0n) is 7.59. The Hall–Kier alpha value is -0.920. The molecule has 0 aromatic carbocycles. The van der Waals surface area contributed by atoms with Crippen molar-refractivity contribution < 1.29 is 0 Å². The molecule has 0 amide bonds. The highest BCUT2D eigenvalue weighted by molar-refractivity contribution is 5.84. The molecule has 0 fully saturated rings. The lowest BCUT2D eigenvalue weighted by atomic mass is 10.2. The second-order valence-corrected chi connectivity index (χ2v) is 2.71. The van der Waals surface area contributed by atoms with E-state index in [2.05, 4.69) is 16.8 Å². The Bertz CT molecular complexity index is 174. The molecule has 0 aromatic heterocycles. The van der Waals surface area contributed by atoms with Crippen molar-refractivity contribution in [1.29, 1.82) is 0 Å². The summed E-state index contributed by atoms with van der Waals surface area (Å²) in [5.41, 5.74) is 2.05. The number of hydrogen-bond donors (Lipinski definition) is 0. The van der Waals surface area contributed by atoms with Gasteiger partial charge < -0.3 is 0 Å². The van der Waals surface area contributed by atoms with Crippen molar-refractivity contribution in [3.05, 3.63) is 12.7 Å². The maximum absolute atomic E-state index is 4.02. The molecule has 0 heterocycles. The minimum atomic E-state index is 0.959. The first-order chi connectivity index (χ1) is 5.16. The van der Waals surface area contributed by atoms with E-state index in [0.29, 0.717) is 0 Å². The molecule has 0 atom stereocenters. The Morgan fingerprint density at radius 3 is 2.36 bits per heavy atom. The average Bonchev–Trinajstić information content (AvgIpc) is 1.97. The molecule has 2 heteroatoms. The largest absolute Gasteiger partial charge is 0.161 e. The summed E-state index contributed by atoms with van der Waals surface area (Å²) in [6.07, 6.45) is 3.83. The molecule has 0 saturated heterocycles. The highest BCUT2D eigenvalue weighted by Crippen LogP contribution is 1.93. The van der Waals surface area contributed by atoms with Gasteiger partial charge in [0.2, 0.25) is 0 Å². The molecule has 62 valence electrons. The zero-order chi connectivity index (χ0) is 8.69. The van der Waals surface area contributed by atoms with Crippen LogP contribution in [0.4, 0.5) is 0 Å². The van der Waals surface area contributed by atoms with Crippen molar-refractivity contribution in [2.24, 2.45) is 10.2 Å².